The molecule has 0 bridgehead atoms. The van der Waals surface area contributed by atoms with E-state index < -0.39 is 0 Å². The summed E-state index contributed by atoms with van der Waals surface area (Å²) in [7, 11) is 0. The van der Waals surface area contributed by atoms with Gasteiger partial charge in [-0.15, -0.1) is 0 Å². The second-order valence-corrected chi connectivity index (χ2v) is 7.47. The van der Waals surface area contributed by atoms with E-state index in [1.165, 1.54) is 11.8 Å². The molecule has 3 aromatic rings. The average Bonchev–Trinajstić information content (AvgIpc) is 3.21. The van der Waals surface area contributed by atoms with Crippen LogP contribution in [-0.2, 0) is 0 Å². The summed E-state index contributed by atoms with van der Waals surface area (Å²) in [6.45, 7) is 0.249. The van der Waals surface area contributed by atoms with Crippen LogP contribution in [0.5, 0.6) is 11.5 Å². The molecule has 0 spiro atoms. The maximum atomic E-state index is 5.91. The van der Waals surface area contributed by atoms with Gasteiger partial charge in [-0.1, -0.05) is 23.4 Å². The predicted octanol–water partition coefficient (Wildman–Crippen LogP) is 6.33. The Kier molecular flexibility index (Phi) is 4.74. The normalized spacial score (nSPS) is 12.9. The quantitative estimate of drug-likeness (QED) is 0.448. The zero-order valence-corrected chi connectivity index (χ0v) is 15.9. The van der Waals surface area contributed by atoms with Gasteiger partial charge >= 0.3 is 0 Å². The SMILES string of the molecule is Clc1ccc(Sc2oc(C=Nc3ccc4c(c3)OCO4)cc2Br)cc1. The fourth-order valence-electron chi connectivity index (χ4n) is 2.22. The summed E-state index contributed by atoms with van der Waals surface area (Å²) in [6.07, 6.45) is 1.67. The molecule has 126 valence electrons. The lowest BCUT2D eigenvalue weighted by atomic mass is 10.3. The van der Waals surface area contributed by atoms with Crippen LogP contribution in [0.15, 0.2) is 72.4 Å². The van der Waals surface area contributed by atoms with Crippen molar-refractivity contribution in [2.24, 2.45) is 4.99 Å². The van der Waals surface area contributed by atoms with Gasteiger partial charge in [0.15, 0.2) is 16.6 Å². The van der Waals surface area contributed by atoms with E-state index in [4.69, 9.17) is 25.5 Å². The van der Waals surface area contributed by atoms with E-state index in [-0.39, 0.29) is 6.79 Å². The average molecular weight is 437 g/mol. The molecular weight excluding hydrogens is 426 g/mol. The van der Waals surface area contributed by atoms with Crippen molar-refractivity contribution in [2.45, 2.75) is 9.99 Å². The smallest absolute Gasteiger partial charge is 0.231 e. The molecule has 1 aliphatic rings. The van der Waals surface area contributed by atoms with Crippen LogP contribution in [0.1, 0.15) is 5.76 Å². The van der Waals surface area contributed by atoms with Crippen LogP contribution >= 0.6 is 39.3 Å². The third-order valence-electron chi connectivity index (χ3n) is 3.40. The topological polar surface area (TPSA) is 44.0 Å². The van der Waals surface area contributed by atoms with Crippen molar-refractivity contribution in [1.82, 2.24) is 0 Å². The maximum Gasteiger partial charge on any atom is 0.231 e. The fourth-order valence-corrected chi connectivity index (χ4v) is 3.67. The molecule has 4 rings (SSSR count). The van der Waals surface area contributed by atoms with Crippen molar-refractivity contribution in [2.75, 3.05) is 6.79 Å². The minimum absolute atomic E-state index is 0.249. The highest BCUT2D eigenvalue weighted by Gasteiger charge is 2.13. The number of rotatable bonds is 4. The molecule has 0 radical (unpaired) electrons. The Balaban J connectivity index is 1.50. The standard InChI is InChI=1S/C18H11BrClNO3S/c19-15-8-13(24-18(15)25-14-4-1-11(20)2-5-14)9-21-12-3-6-16-17(7-12)23-10-22-16/h1-9H,10H2. The molecular formula is C18H11BrClNO3S. The maximum absolute atomic E-state index is 5.91. The number of ether oxygens (including phenoxy) is 2. The van der Waals surface area contributed by atoms with Gasteiger partial charge < -0.3 is 13.9 Å². The Hall–Kier alpha value is -1.89. The molecule has 1 aliphatic heterocycles. The zero-order valence-electron chi connectivity index (χ0n) is 12.7. The molecule has 0 saturated heterocycles. The number of fused-ring (bicyclic) bond motifs is 1. The summed E-state index contributed by atoms with van der Waals surface area (Å²) in [5, 5.41) is 1.47. The van der Waals surface area contributed by atoms with Crippen molar-refractivity contribution in [3.63, 3.8) is 0 Å². The Morgan fingerprint density at radius 2 is 1.84 bits per heavy atom. The minimum Gasteiger partial charge on any atom is -0.454 e. The summed E-state index contributed by atoms with van der Waals surface area (Å²) in [5.41, 5.74) is 0.767. The van der Waals surface area contributed by atoms with Gasteiger partial charge in [-0.2, -0.15) is 0 Å². The van der Waals surface area contributed by atoms with Crippen molar-refractivity contribution in [3.8, 4) is 11.5 Å². The highest BCUT2D eigenvalue weighted by atomic mass is 79.9. The van der Waals surface area contributed by atoms with Gasteiger partial charge in [0, 0.05) is 22.1 Å². The Morgan fingerprint density at radius 1 is 1.04 bits per heavy atom. The second-order valence-electron chi connectivity index (χ2n) is 5.14. The summed E-state index contributed by atoms with van der Waals surface area (Å²) >= 11 is 10.9. The van der Waals surface area contributed by atoms with E-state index in [1.54, 1.807) is 6.21 Å². The monoisotopic (exact) mass is 435 g/mol. The summed E-state index contributed by atoms with van der Waals surface area (Å²) in [5.74, 6) is 2.09. The molecule has 0 aliphatic carbocycles. The molecule has 25 heavy (non-hydrogen) atoms. The molecule has 4 nitrogen and oxygen atoms in total. The van der Waals surface area contributed by atoms with Crippen LogP contribution in [0.25, 0.3) is 0 Å². The van der Waals surface area contributed by atoms with Crippen LogP contribution in [0.2, 0.25) is 5.02 Å². The van der Waals surface area contributed by atoms with Crippen LogP contribution in [0.3, 0.4) is 0 Å². The number of benzene rings is 2. The fraction of sp³-hybridized carbons (Fsp3) is 0.0556. The number of aliphatic imine (C=N–C) groups is 1. The highest BCUT2D eigenvalue weighted by Crippen LogP contribution is 2.37. The molecule has 0 fully saturated rings. The first kappa shape index (κ1) is 16.6. The van der Waals surface area contributed by atoms with Gasteiger partial charge in [-0.3, -0.25) is 4.99 Å². The molecule has 0 saturated carbocycles. The summed E-state index contributed by atoms with van der Waals surface area (Å²) in [4.78, 5) is 5.47. The Bertz CT molecular complexity index is 940. The van der Waals surface area contributed by atoms with Gasteiger partial charge in [-0.25, -0.2) is 0 Å². The first-order valence-corrected chi connectivity index (χ1v) is 9.32. The lowest BCUT2D eigenvalue weighted by Gasteiger charge is -1.99. The Labute approximate surface area is 161 Å². The molecule has 0 unspecified atom stereocenters. The number of hydrogen-bond donors (Lipinski definition) is 0. The van der Waals surface area contributed by atoms with E-state index in [0.717, 1.165) is 25.9 Å². The van der Waals surface area contributed by atoms with E-state index >= 15 is 0 Å². The summed E-state index contributed by atoms with van der Waals surface area (Å²) in [6, 6.07) is 15.0. The first-order chi connectivity index (χ1) is 12.2. The number of hydrogen-bond acceptors (Lipinski definition) is 5. The van der Waals surface area contributed by atoms with Gasteiger partial charge in [0.2, 0.25) is 6.79 Å². The Morgan fingerprint density at radius 3 is 2.68 bits per heavy atom. The van der Waals surface area contributed by atoms with Crippen LogP contribution in [0.4, 0.5) is 5.69 Å². The highest BCUT2D eigenvalue weighted by molar-refractivity contribution is 9.10. The van der Waals surface area contributed by atoms with Crippen LogP contribution in [0, 0.1) is 0 Å². The van der Waals surface area contributed by atoms with E-state index in [1.807, 2.05) is 48.5 Å². The first-order valence-electron chi connectivity index (χ1n) is 7.34. The molecule has 1 aromatic heterocycles. The molecule has 0 atom stereocenters. The van der Waals surface area contributed by atoms with Crippen molar-refractivity contribution in [1.29, 1.82) is 0 Å². The van der Waals surface area contributed by atoms with E-state index in [0.29, 0.717) is 16.5 Å². The number of furan rings is 1. The van der Waals surface area contributed by atoms with Gasteiger partial charge in [0.25, 0.3) is 0 Å². The van der Waals surface area contributed by atoms with Gasteiger partial charge in [0.1, 0.15) is 5.76 Å². The molecule has 2 aromatic carbocycles. The molecule has 0 N–H and O–H groups in total. The summed E-state index contributed by atoms with van der Waals surface area (Å²) < 4.78 is 17.4. The largest absolute Gasteiger partial charge is 0.454 e. The second kappa shape index (κ2) is 7.15. The molecule has 7 heteroatoms. The van der Waals surface area contributed by atoms with Gasteiger partial charge in [0.05, 0.1) is 16.4 Å². The molecule has 0 amide bonds. The molecule has 2 heterocycles. The van der Waals surface area contributed by atoms with Crippen LogP contribution < -0.4 is 9.47 Å². The third kappa shape index (κ3) is 3.86. The number of halogens is 2. The lowest BCUT2D eigenvalue weighted by molar-refractivity contribution is 0.174. The van der Waals surface area contributed by atoms with E-state index in [2.05, 4.69) is 20.9 Å². The third-order valence-corrected chi connectivity index (χ3v) is 5.50. The predicted molar refractivity (Wildman–Crippen MR) is 102 cm³/mol. The van der Waals surface area contributed by atoms with Gasteiger partial charge in [-0.05, 0) is 52.3 Å². The van der Waals surface area contributed by atoms with Crippen molar-refractivity contribution >= 4 is 51.2 Å². The minimum atomic E-state index is 0.249. The lowest BCUT2D eigenvalue weighted by Crippen LogP contribution is -1.92. The number of nitrogens with zero attached hydrogens (tertiary/aromatic N) is 1. The zero-order chi connectivity index (χ0) is 17.2. The van der Waals surface area contributed by atoms with Crippen LogP contribution in [-0.4, -0.2) is 13.0 Å². The van der Waals surface area contributed by atoms with E-state index in [9.17, 15) is 0 Å². The van der Waals surface area contributed by atoms with Crippen molar-refractivity contribution < 1.29 is 13.9 Å². The van der Waals surface area contributed by atoms with Crippen molar-refractivity contribution in [3.05, 3.63) is 63.8 Å².